The van der Waals surface area contributed by atoms with E-state index in [9.17, 15) is 0 Å². The summed E-state index contributed by atoms with van der Waals surface area (Å²) in [5.41, 5.74) is 0. The summed E-state index contributed by atoms with van der Waals surface area (Å²) in [6.45, 7) is 9.70. The van der Waals surface area contributed by atoms with Gasteiger partial charge in [0, 0.05) is 26.3 Å². The number of unbranched alkanes of at least 4 members (excludes halogenated alkanes) is 1. The Morgan fingerprint density at radius 2 is 1.65 bits per heavy atom. The zero-order valence-corrected chi connectivity index (χ0v) is 12.9. The molecule has 0 saturated carbocycles. The second-order valence-electron chi connectivity index (χ2n) is 5.33. The van der Waals surface area contributed by atoms with Crippen LogP contribution in [0.3, 0.4) is 0 Å². The van der Waals surface area contributed by atoms with Crippen molar-refractivity contribution in [3.8, 4) is 0 Å². The molecule has 0 amide bonds. The molecule has 5 nitrogen and oxygen atoms in total. The van der Waals surface area contributed by atoms with Gasteiger partial charge in [-0.25, -0.2) is 0 Å². The molecule has 0 aromatic carbocycles. The van der Waals surface area contributed by atoms with Crippen LogP contribution in [0.1, 0.15) is 26.2 Å². The predicted octanol–water partition coefficient (Wildman–Crippen LogP) is 1.15. The maximum atomic E-state index is 9.06. The van der Waals surface area contributed by atoms with Crippen molar-refractivity contribution in [3.63, 3.8) is 0 Å². The van der Waals surface area contributed by atoms with Gasteiger partial charge in [0.1, 0.15) is 0 Å². The average molecular weight is 289 g/mol. The lowest BCUT2D eigenvalue weighted by molar-refractivity contribution is 0.0109. The maximum Gasteiger partial charge on any atom is 0.0701 e. The molecule has 0 spiro atoms. The van der Waals surface area contributed by atoms with Crippen molar-refractivity contribution < 1.29 is 19.3 Å². The van der Waals surface area contributed by atoms with E-state index >= 15 is 0 Å². The highest BCUT2D eigenvalue weighted by Crippen LogP contribution is 2.14. The highest BCUT2D eigenvalue weighted by Gasteiger charge is 2.20. The fourth-order valence-corrected chi connectivity index (χ4v) is 2.25. The summed E-state index contributed by atoms with van der Waals surface area (Å²) in [5, 5.41) is 9.06. The topological polar surface area (TPSA) is 51.2 Å². The fraction of sp³-hybridized carbons (Fsp3) is 1.00. The van der Waals surface area contributed by atoms with Crippen LogP contribution in [0.5, 0.6) is 0 Å². The van der Waals surface area contributed by atoms with Crippen molar-refractivity contribution in [2.24, 2.45) is 5.92 Å². The van der Waals surface area contributed by atoms with E-state index in [1.54, 1.807) is 0 Å². The van der Waals surface area contributed by atoms with E-state index in [4.69, 9.17) is 19.3 Å². The Balaban J connectivity index is 1.75. The molecule has 5 heteroatoms. The van der Waals surface area contributed by atoms with Crippen LogP contribution in [0.25, 0.3) is 0 Å². The van der Waals surface area contributed by atoms with Gasteiger partial charge in [0.05, 0.1) is 33.0 Å². The molecule has 1 N–H and O–H groups in total. The molecule has 0 radical (unpaired) electrons. The third kappa shape index (κ3) is 8.87. The second-order valence-corrected chi connectivity index (χ2v) is 5.33. The van der Waals surface area contributed by atoms with Crippen LogP contribution in [0.15, 0.2) is 0 Å². The highest BCUT2D eigenvalue weighted by atomic mass is 16.5. The summed E-state index contributed by atoms with van der Waals surface area (Å²) in [5.74, 6) is 0.464. The first kappa shape index (κ1) is 17.9. The molecule has 1 atom stereocenters. The van der Waals surface area contributed by atoms with E-state index in [-0.39, 0.29) is 0 Å². The number of ether oxygens (including phenoxy) is 3. The Kier molecular flexibility index (Phi) is 11.2. The number of hydrogen-bond acceptors (Lipinski definition) is 5. The molecule has 1 aliphatic rings. The lowest BCUT2D eigenvalue weighted by atomic mass is 10.1. The van der Waals surface area contributed by atoms with Gasteiger partial charge in [0.15, 0.2) is 0 Å². The molecule has 1 unspecified atom stereocenters. The highest BCUT2D eigenvalue weighted by molar-refractivity contribution is 4.74. The van der Waals surface area contributed by atoms with Crippen molar-refractivity contribution >= 4 is 0 Å². The predicted molar refractivity (Wildman–Crippen MR) is 79.0 cm³/mol. The van der Waals surface area contributed by atoms with Crippen molar-refractivity contribution in [1.29, 1.82) is 0 Å². The Morgan fingerprint density at radius 1 is 1.00 bits per heavy atom. The number of nitrogens with zero attached hydrogens (tertiary/aromatic N) is 1. The van der Waals surface area contributed by atoms with E-state index in [1.165, 1.54) is 6.42 Å². The molecule has 120 valence electrons. The minimum absolute atomic E-state index is 0.311. The Hall–Kier alpha value is -0.200. The summed E-state index contributed by atoms with van der Waals surface area (Å²) in [6.07, 6.45) is 3.40. The summed E-state index contributed by atoms with van der Waals surface area (Å²) >= 11 is 0. The monoisotopic (exact) mass is 289 g/mol. The second kappa shape index (κ2) is 12.5. The molecule has 0 bridgehead atoms. The van der Waals surface area contributed by atoms with Crippen LogP contribution in [0.2, 0.25) is 0 Å². The third-order valence-electron chi connectivity index (χ3n) is 3.57. The van der Waals surface area contributed by atoms with E-state index in [1.807, 2.05) is 0 Å². The van der Waals surface area contributed by atoms with Gasteiger partial charge < -0.3 is 24.2 Å². The van der Waals surface area contributed by atoms with Gasteiger partial charge >= 0.3 is 0 Å². The minimum Gasteiger partial charge on any atom is -0.396 e. The van der Waals surface area contributed by atoms with Crippen LogP contribution in [0, 0.1) is 5.92 Å². The van der Waals surface area contributed by atoms with E-state index < -0.39 is 0 Å². The maximum absolute atomic E-state index is 9.06. The summed E-state index contributed by atoms with van der Waals surface area (Å²) in [7, 11) is 0. The number of hydrogen-bond donors (Lipinski definition) is 1. The molecular weight excluding hydrogens is 258 g/mol. The van der Waals surface area contributed by atoms with Crippen LogP contribution >= 0.6 is 0 Å². The SMILES string of the molecule is CCCCOCCOCCOCCN1CCC(CO)C1. The lowest BCUT2D eigenvalue weighted by Crippen LogP contribution is -2.26. The molecule has 0 aliphatic carbocycles. The van der Waals surface area contributed by atoms with Crippen LogP contribution in [-0.2, 0) is 14.2 Å². The third-order valence-corrected chi connectivity index (χ3v) is 3.57. The molecular formula is C15H31NO4. The van der Waals surface area contributed by atoms with E-state index in [0.717, 1.165) is 45.7 Å². The Labute approximate surface area is 123 Å². The molecule has 1 heterocycles. The number of aliphatic hydroxyl groups is 1. The smallest absolute Gasteiger partial charge is 0.0701 e. The lowest BCUT2D eigenvalue weighted by Gasteiger charge is -2.15. The minimum atomic E-state index is 0.311. The normalized spacial score (nSPS) is 19.8. The first-order valence-corrected chi connectivity index (χ1v) is 7.93. The summed E-state index contributed by atoms with van der Waals surface area (Å²) < 4.78 is 16.4. The van der Waals surface area contributed by atoms with Crippen molar-refractivity contribution in [1.82, 2.24) is 4.90 Å². The van der Waals surface area contributed by atoms with Crippen molar-refractivity contribution in [2.75, 3.05) is 65.9 Å². The average Bonchev–Trinajstić information content (AvgIpc) is 2.93. The zero-order valence-electron chi connectivity index (χ0n) is 12.9. The Bertz CT molecular complexity index is 216. The standard InChI is InChI=1S/C15H31NO4/c1-2-3-7-18-9-11-20-12-10-19-8-6-16-5-4-15(13-16)14-17/h15,17H,2-14H2,1H3. The fourth-order valence-electron chi connectivity index (χ4n) is 2.25. The van der Waals surface area contributed by atoms with Crippen LogP contribution < -0.4 is 0 Å². The molecule has 20 heavy (non-hydrogen) atoms. The molecule has 1 saturated heterocycles. The van der Waals surface area contributed by atoms with E-state index in [2.05, 4.69) is 11.8 Å². The largest absolute Gasteiger partial charge is 0.396 e. The van der Waals surface area contributed by atoms with Gasteiger partial charge in [-0.2, -0.15) is 0 Å². The molecule has 1 rings (SSSR count). The van der Waals surface area contributed by atoms with Gasteiger partial charge in [-0.1, -0.05) is 13.3 Å². The zero-order chi connectivity index (χ0) is 14.5. The number of likely N-dealkylation sites (tertiary alicyclic amines) is 1. The van der Waals surface area contributed by atoms with Crippen LogP contribution in [0.4, 0.5) is 0 Å². The molecule has 1 fully saturated rings. The number of rotatable bonds is 13. The van der Waals surface area contributed by atoms with Crippen molar-refractivity contribution in [2.45, 2.75) is 26.2 Å². The van der Waals surface area contributed by atoms with Gasteiger partial charge in [-0.3, -0.25) is 0 Å². The summed E-state index contributed by atoms with van der Waals surface area (Å²) in [4.78, 5) is 2.35. The van der Waals surface area contributed by atoms with Crippen molar-refractivity contribution in [3.05, 3.63) is 0 Å². The first-order chi connectivity index (χ1) is 9.86. The summed E-state index contributed by atoms with van der Waals surface area (Å²) in [6, 6.07) is 0. The van der Waals surface area contributed by atoms with E-state index in [0.29, 0.717) is 39.0 Å². The quantitative estimate of drug-likeness (QED) is 0.516. The number of aliphatic hydroxyl groups excluding tert-OH is 1. The van der Waals surface area contributed by atoms with Gasteiger partial charge in [-0.05, 0) is 25.3 Å². The van der Waals surface area contributed by atoms with Gasteiger partial charge in [0.25, 0.3) is 0 Å². The Morgan fingerprint density at radius 3 is 2.25 bits per heavy atom. The molecule has 1 aliphatic heterocycles. The van der Waals surface area contributed by atoms with Gasteiger partial charge in [0.2, 0.25) is 0 Å². The van der Waals surface area contributed by atoms with Gasteiger partial charge in [-0.15, -0.1) is 0 Å². The molecule has 0 aromatic rings. The first-order valence-electron chi connectivity index (χ1n) is 7.93. The molecule has 0 aromatic heterocycles. The van der Waals surface area contributed by atoms with Crippen LogP contribution in [-0.4, -0.2) is 75.9 Å².